The highest BCUT2D eigenvalue weighted by molar-refractivity contribution is 7.70. The number of ether oxygens (including phenoxy) is 2. The third-order valence-corrected chi connectivity index (χ3v) is 4.63. The number of hydrogen-bond donors (Lipinski definition) is 1. The number of carbonyl (C=O) groups excluding carboxylic acids is 1. The topological polar surface area (TPSA) is 64.6 Å². The van der Waals surface area contributed by atoms with Crippen LogP contribution in [0.5, 0.6) is 5.75 Å². The van der Waals surface area contributed by atoms with E-state index in [9.17, 15) is 9.36 Å². The lowest BCUT2D eigenvalue weighted by Crippen LogP contribution is -2.27. The largest absolute Gasteiger partial charge is 0.491 e. The van der Waals surface area contributed by atoms with E-state index in [2.05, 4.69) is 5.32 Å². The highest BCUT2D eigenvalue weighted by Crippen LogP contribution is 2.42. The highest BCUT2D eigenvalue weighted by atomic mass is 31.2. The van der Waals surface area contributed by atoms with Crippen LogP contribution in [0.3, 0.4) is 0 Å². The van der Waals surface area contributed by atoms with Crippen molar-refractivity contribution in [1.82, 2.24) is 0 Å². The molecule has 0 aromatic heterocycles. The van der Waals surface area contributed by atoms with Crippen molar-refractivity contribution in [3.05, 3.63) is 17.7 Å². The van der Waals surface area contributed by atoms with E-state index in [0.717, 1.165) is 10.9 Å². The van der Waals surface area contributed by atoms with Crippen molar-refractivity contribution in [2.24, 2.45) is 0 Å². The molecule has 1 aromatic rings. The zero-order chi connectivity index (χ0) is 15.8. The fourth-order valence-electron chi connectivity index (χ4n) is 2.30. The number of anilines is 1. The Bertz CT molecular complexity index is 613. The maximum atomic E-state index is 12.3. The summed E-state index contributed by atoms with van der Waals surface area (Å²) in [7, 11) is -2.37. The second-order valence-corrected chi connectivity index (χ2v) is 9.70. The Balaban J connectivity index is 2.30. The summed E-state index contributed by atoms with van der Waals surface area (Å²) >= 11 is 0. The van der Waals surface area contributed by atoms with Gasteiger partial charge in [0.05, 0.1) is 12.3 Å². The summed E-state index contributed by atoms with van der Waals surface area (Å²) in [6.45, 7) is 9.43. The molecule has 0 saturated carbocycles. The molecule has 0 radical (unpaired) electrons. The molecule has 0 bridgehead atoms. The number of carbonyl (C=O) groups is 1. The number of rotatable bonds is 2. The fourth-order valence-corrected chi connectivity index (χ4v) is 3.59. The molecule has 21 heavy (non-hydrogen) atoms. The van der Waals surface area contributed by atoms with Crippen molar-refractivity contribution in [1.29, 1.82) is 0 Å². The molecule has 1 aliphatic rings. The van der Waals surface area contributed by atoms with E-state index in [1.165, 1.54) is 0 Å². The second kappa shape index (κ2) is 5.38. The van der Waals surface area contributed by atoms with Crippen LogP contribution in [0.25, 0.3) is 0 Å². The minimum absolute atomic E-state index is 0.524. The van der Waals surface area contributed by atoms with Gasteiger partial charge in [-0.1, -0.05) is 0 Å². The van der Waals surface area contributed by atoms with Crippen LogP contribution in [0.4, 0.5) is 10.5 Å². The van der Waals surface area contributed by atoms with Gasteiger partial charge >= 0.3 is 6.09 Å². The van der Waals surface area contributed by atoms with Crippen molar-refractivity contribution in [2.75, 3.05) is 25.3 Å². The summed E-state index contributed by atoms with van der Waals surface area (Å²) in [4.78, 5) is 11.9. The molecule has 0 saturated heterocycles. The molecule has 1 heterocycles. The van der Waals surface area contributed by atoms with Gasteiger partial charge in [0.25, 0.3) is 0 Å². The van der Waals surface area contributed by atoms with Crippen LogP contribution in [0.15, 0.2) is 12.1 Å². The molecule has 1 N–H and O–H groups in total. The first-order valence-corrected chi connectivity index (χ1v) is 9.52. The average Bonchev–Trinajstić information content (AvgIpc) is 2.73. The van der Waals surface area contributed by atoms with Crippen LogP contribution in [0.2, 0.25) is 0 Å². The summed E-state index contributed by atoms with van der Waals surface area (Å²) in [6, 6.07) is 3.53. The van der Waals surface area contributed by atoms with Gasteiger partial charge in [-0.25, -0.2) is 4.79 Å². The molecule has 0 fully saturated rings. The molecule has 6 heteroatoms. The van der Waals surface area contributed by atoms with Crippen molar-refractivity contribution in [2.45, 2.75) is 32.8 Å². The summed E-state index contributed by atoms with van der Waals surface area (Å²) < 4.78 is 23.2. The van der Waals surface area contributed by atoms with E-state index >= 15 is 0 Å². The SMILES string of the molecule is CC(C)(C)OC(=O)Nc1ccc(P(C)(C)=O)c2c1OCC2. The second-order valence-electron chi connectivity index (χ2n) is 6.52. The molecule has 2 rings (SSSR count). The maximum Gasteiger partial charge on any atom is 0.412 e. The van der Waals surface area contributed by atoms with Gasteiger partial charge in [0.15, 0.2) is 0 Å². The Morgan fingerprint density at radius 3 is 2.57 bits per heavy atom. The number of nitrogens with one attached hydrogen (secondary N) is 1. The maximum absolute atomic E-state index is 12.3. The van der Waals surface area contributed by atoms with E-state index in [4.69, 9.17) is 9.47 Å². The molecule has 0 aliphatic carbocycles. The first-order chi connectivity index (χ1) is 9.58. The predicted octanol–water partition coefficient (Wildman–Crippen LogP) is 3.22. The lowest BCUT2D eigenvalue weighted by molar-refractivity contribution is 0.0635. The molecular weight excluding hydrogens is 289 g/mol. The number of amides is 1. The lowest BCUT2D eigenvalue weighted by atomic mass is 10.1. The van der Waals surface area contributed by atoms with Gasteiger partial charge in [-0.2, -0.15) is 0 Å². The van der Waals surface area contributed by atoms with Gasteiger partial charge in [0.1, 0.15) is 18.5 Å². The highest BCUT2D eigenvalue weighted by Gasteiger charge is 2.27. The molecule has 5 nitrogen and oxygen atoms in total. The van der Waals surface area contributed by atoms with E-state index < -0.39 is 18.8 Å². The van der Waals surface area contributed by atoms with Gasteiger partial charge in [-0.05, 0) is 46.2 Å². The molecule has 116 valence electrons. The molecule has 1 aromatic carbocycles. The number of benzene rings is 1. The number of fused-ring (bicyclic) bond motifs is 1. The fraction of sp³-hybridized carbons (Fsp3) is 0.533. The van der Waals surface area contributed by atoms with Crippen molar-refractivity contribution in [3.8, 4) is 5.75 Å². The Morgan fingerprint density at radius 2 is 2.00 bits per heavy atom. The monoisotopic (exact) mass is 311 g/mol. The molecule has 1 amide bonds. The first-order valence-electron chi connectivity index (χ1n) is 6.92. The molecule has 0 spiro atoms. The predicted molar refractivity (Wildman–Crippen MR) is 84.6 cm³/mol. The van der Waals surface area contributed by atoms with Crippen LogP contribution in [-0.2, 0) is 15.7 Å². The Hall–Kier alpha value is -1.48. The van der Waals surface area contributed by atoms with E-state index in [1.807, 2.05) is 0 Å². The lowest BCUT2D eigenvalue weighted by Gasteiger charge is -2.20. The Morgan fingerprint density at radius 1 is 1.33 bits per heavy atom. The van der Waals surface area contributed by atoms with Crippen LogP contribution in [-0.4, -0.2) is 31.6 Å². The minimum Gasteiger partial charge on any atom is -0.491 e. The van der Waals surface area contributed by atoms with Gasteiger partial charge in [0, 0.05) is 17.3 Å². The Kier molecular flexibility index (Phi) is 4.07. The zero-order valence-electron chi connectivity index (χ0n) is 13.1. The molecule has 0 unspecified atom stereocenters. The van der Waals surface area contributed by atoms with Gasteiger partial charge in [0.2, 0.25) is 0 Å². The third-order valence-electron chi connectivity index (χ3n) is 3.05. The minimum atomic E-state index is -2.37. The van der Waals surface area contributed by atoms with E-state index in [1.54, 1.807) is 46.2 Å². The molecule has 1 aliphatic heterocycles. The van der Waals surface area contributed by atoms with Crippen LogP contribution >= 0.6 is 7.14 Å². The quantitative estimate of drug-likeness (QED) is 0.852. The van der Waals surface area contributed by atoms with Crippen molar-refractivity contribution in [3.63, 3.8) is 0 Å². The van der Waals surface area contributed by atoms with Crippen LogP contribution in [0, 0.1) is 0 Å². The summed E-state index contributed by atoms with van der Waals surface area (Å²) in [5, 5.41) is 3.53. The summed E-state index contributed by atoms with van der Waals surface area (Å²) in [5.41, 5.74) is 0.933. The normalized spacial score (nSPS) is 14.3. The third kappa shape index (κ3) is 3.79. The standard InChI is InChI=1S/C15H22NO4P/c1-15(2,3)20-14(17)16-11-6-7-12(21(4,5)18)10-8-9-19-13(10)11/h6-7H,8-9H2,1-5H3,(H,16,17). The van der Waals surface area contributed by atoms with Gasteiger partial charge in [-0.3, -0.25) is 5.32 Å². The number of hydrogen-bond acceptors (Lipinski definition) is 4. The van der Waals surface area contributed by atoms with E-state index in [0.29, 0.717) is 24.5 Å². The smallest absolute Gasteiger partial charge is 0.412 e. The summed E-state index contributed by atoms with van der Waals surface area (Å²) in [6.07, 6.45) is 0.185. The van der Waals surface area contributed by atoms with Crippen LogP contribution < -0.4 is 15.4 Å². The Labute approximate surface area is 125 Å². The molecular formula is C15H22NO4P. The first kappa shape index (κ1) is 15.9. The molecule has 0 atom stereocenters. The van der Waals surface area contributed by atoms with Crippen molar-refractivity contribution < 1.29 is 18.8 Å². The zero-order valence-corrected chi connectivity index (χ0v) is 14.0. The van der Waals surface area contributed by atoms with Crippen molar-refractivity contribution >= 4 is 24.2 Å². The van der Waals surface area contributed by atoms with Gasteiger partial charge < -0.3 is 14.0 Å². The average molecular weight is 311 g/mol. The van der Waals surface area contributed by atoms with Gasteiger partial charge in [-0.15, -0.1) is 0 Å². The van der Waals surface area contributed by atoms with E-state index in [-0.39, 0.29) is 0 Å². The summed E-state index contributed by atoms with van der Waals surface area (Å²) in [5.74, 6) is 0.613. The van der Waals surface area contributed by atoms with Crippen LogP contribution in [0.1, 0.15) is 26.3 Å².